The zero-order valence-electron chi connectivity index (χ0n) is 19.6. The Balaban J connectivity index is 1.19. The third-order valence-electron chi connectivity index (χ3n) is 6.97. The van der Waals surface area contributed by atoms with Crippen LogP contribution in [0.3, 0.4) is 0 Å². The highest BCUT2D eigenvalue weighted by molar-refractivity contribution is 6.30. The number of pyridine rings is 1. The van der Waals surface area contributed by atoms with Crippen molar-refractivity contribution in [1.29, 1.82) is 0 Å². The Kier molecular flexibility index (Phi) is 6.15. The molecule has 5 rings (SSSR count). The van der Waals surface area contributed by atoms with Crippen molar-refractivity contribution in [2.24, 2.45) is 0 Å². The van der Waals surface area contributed by atoms with Crippen molar-refractivity contribution in [3.05, 3.63) is 53.2 Å². The number of aromatic nitrogens is 1. The van der Waals surface area contributed by atoms with E-state index in [1.165, 1.54) is 0 Å². The second-order valence-corrected chi connectivity index (χ2v) is 10.6. The van der Waals surface area contributed by atoms with Gasteiger partial charge in [0.1, 0.15) is 11.6 Å². The van der Waals surface area contributed by atoms with E-state index in [0.717, 1.165) is 44.3 Å². The van der Waals surface area contributed by atoms with Crippen LogP contribution in [-0.2, 0) is 4.79 Å². The first-order valence-electron chi connectivity index (χ1n) is 12.1. The fourth-order valence-electron chi connectivity index (χ4n) is 5.07. The van der Waals surface area contributed by atoms with E-state index in [-0.39, 0.29) is 17.9 Å². The van der Waals surface area contributed by atoms with E-state index < -0.39 is 5.60 Å². The van der Waals surface area contributed by atoms with Gasteiger partial charge in [-0.3, -0.25) is 9.59 Å². The van der Waals surface area contributed by atoms with Gasteiger partial charge < -0.3 is 20.3 Å². The highest BCUT2D eigenvalue weighted by Gasteiger charge is 2.43. The quantitative estimate of drug-likeness (QED) is 0.620. The number of hydrogen-bond donors (Lipinski definition) is 2. The number of amides is 2. The summed E-state index contributed by atoms with van der Waals surface area (Å²) in [5.74, 6) is 1.30. The molecular formula is C26H31ClN4O3. The van der Waals surface area contributed by atoms with E-state index in [1.54, 1.807) is 44.3 Å². The van der Waals surface area contributed by atoms with Crippen molar-refractivity contribution in [2.45, 2.75) is 82.1 Å². The Morgan fingerprint density at radius 2 is 1.76 bits per heavy atom. The van der Waals surface area contributed by atoms with Crippen LogP contribution in [-0.4, -0.2) is 46.6 Å². The Morgan fingerprint density at radius 3 is 2.38 bits per heavy atom. The lowest BCUT2D eigenvalue weighted by atomic mass is 9.96. The van der Waals surface area contributed by atoms with E-state index in [2.05, 4.69) is 20.5 Å². The van der Waals surface area contributed by atoms with Gasteiger partial charge in [-0.15, -0.1) is 0 Å². The molecule has 2 aromatic rings. The van der Waals surface area contributed by atoms with E-state index in [4.69, 9.17) is 16.3 Å². The van der Waals surface area contributed by atoms with Gasteiger partial charge in [-0.1, -0.05) is 17.7 Å². The fraction of sp³-hybridized carbons (Fsp3) is 0.500. The number of piperidine rings is 1. The molecule has 1 saturated carbocycles. The summed E-state index contributed by atoms with van der Waals surface area (Å²) in [6, 6.07) is 12.0. The third kappa shape index (κ3) is 4.99. The van der Waals surface area contributed by atoms with Crippen molar-refractivity contribution < 1.29 is 14.3 Å². The normalized spacial score (nSPS) is 24.0. The molecule has 34 heavy (non-hydrogen) atoms. The van der Waals surface area contributed by atoms with Crippen molar-refractivity contribution >= 4 is 29.2 Å². The number of carbonyl (C=O) groups excluding carboxylic acids is 2. The molecule has 3 fully saturated rings. The van der Waals surface area contributed by atoms with Gasteiger partial charge in [0, 0.05) is 35.4 Å². The molecule has 2 saturated heterocycles. The molecule has 7 nitrogen and oxygen atoms in total. The number of ether oxygens (including phenoxy) is 1. The van der Waals surface area contributed by atoms with Crippen molar-refractivity contribution in [2.75, 3.05) is 4.90 Å². The topological polar surface area (TPSA) is 83.6 Å². The first-order chi connectivity index (χ1) is 16.3. The molecule has 2 N–H and O–H groups in total. The zero-order valence-corrected chi connectivity index (χ0v) is 20.3. The molecule has 1 aromatic carbocycles. The highest BCUT2D eigenvalue weighted by atomic mass is 35.5. The maximum absolute atomic E-state index is 13.1. The summed E-state index contributed by atoms with van der Waals surface area (Å²) < 4.78 is 5.95. The van der Waals surface area contributed by atoms with Crippen LogP contribution in [0.15, 0.2) is 42.6 Å². The molecule has 2 bridgehead atoms. The Morgan fingerprint density at radius 1 is 1.03 bits per heavy atom. The smallest absolute Gasteiger partial charge is 0.263 e. The molecule has 3 aliphatic rings. The molecular weight excluding hydrogens is 452 g/mol. The Hall–Kier alpha value is -2.80. The first kappa shape index (κ1) is 23.0. The molecule has 1 aromatic heterocycles. The number of nitrogens with one attached hydrogen (secondary N) is 2. The predicted molar refractivity (Wildman–Crippen MR) is 131 cm³/mol. The van der Waals surface area contributed by atoms with E-state index >= 15 is 0 Å². The summed E-state index contributed by atoms with van der Waals surface area (Å²) in [7, 11) is 0. The minimum atomic E-state index is -1.01. The monoisotopic (exact) mass is 482 g/mol. The maximum Gasteiger partial charge on any atom is 0.263 e. The van der Waals surface area contributed by atoms with E-state index in [1.807, 2.05) is 12.1 Å². The molecule has 8 heteroatoms. The lowest BCUT2D eigenvalue weighted by Crippen LogP contribution is -2.55. The van der Waals surface area contributed by atoms with Crippen molar-refractivity contribution in [3.63, 3.8) is 0 Å². The summed E-state index contributed by atoms with van der Waals surface area (Å²) in [6.07, 6.45) is 7.68. The van der Waals surface area contributed by atoms with Gasteiger partial charge >= 0.3 is 0 Å². The van der Waals surface area contributed by atoms with Gasteiger partial charge in [0.05, 0.1) is 5.56 Å². The number of carbonyl (C=O) groups is 2. The molecule has 3 atom stereocenters. The standard InChI is InChI=1S/C26H31ClN4O3/c1-26(2,34-22-5-3-4-17(27)12-22)25(33)30-19-13-20-9-10-21(14-19)31(20)23-11-6-16(15-28-23)24(32)29-18-7-8-18/h3-6,11-12,15,18-21H,7-10,13-14H2,1-2H3,(H,29,32)(H,30,33)/t19-,20+,21-. The molecule has 180 valence electrons. The van der Waals surface area contributed by atoms with Crippen LogP contribution in [0.2, 0.25) is 5.02 Å². The zero-order chi connectivity index (χ0) is 23.9. The molecule has 3 heterocycles. The molecule has 0 radical (unpaired) electrons. The van der Waals surface area contributed by atoms with Crippen molar-refractivity contribution in [3.8, 4) is 5.75 Å². The third-order valence-corrected chi connectivity index (χ3v) is 7.21. The van der Waals surface area contributed by atoms with E-state index in [0.29, 0.717) is 34.5 Å². The van der Waals surface area contributed by atoms with Gasteiger partial charge in [0.2, 0.25) is 0 Å². The Bertz CT molecular complexity index is 1060. The molecule has 2 amide bonds. The predicted octanol–water partition coefficient (Wildman–Crippen LogP) is 4.10. The first-order valence-corrected chi connectivity index (χ1v) is 12.5. The number of rotatable bonds is 7. The average Bonchev–Trinajstić information content (AvgIpc) is 3.56. The van der Waals surface area contributed by atoms with Crippen LogP contribution >= 0.6 is 11.6 Å². The van der Waals surface area contributed by atoms with Gasteiger partial charge in [0.15, 0.2) is 5.60 Å². The lowest BCUT2D eigenvalue weighted by molar-refractivity contribution is -0.135. The number of hydrogen-bond acceptors (Lipinski definition) is 5. The van der Waals surface area contributed by atoms with Crippen LogP contribution in [0.1, 0.15) is 62.7 Å². The van der Waals surface area contributed by atoms with Crippen molar-refractivity contribution in [1.82, 2.24) is 15.6 Å². The lowest BCUT2D eigenvalue weighted by Gasteiger charge is -2.40. The largest absolute Gasteiger partial charge is 0.478 e. The summed E-state index contributed by atoms with van der Waals surface area (Å²) in [4.78, 5) is 32.3. The van der Waals surface area contributed by atoms with Crippen LogP contribution in [0.25, 0.3) is 0 Å². The average molecular weight is 483 g/mol. The Labute approximate surface area is 205 Å². The SMILES string of the molecule is CC(C)(Oc1cccc(Cl)c1)C(=O)N[C@H]1C[C@H]2CC[C@@H](C1)N2c1ccc(C(=O)NC2CC2)cn1. The van der Waals surface area contributed by atoms with Crippen LogP contribution in [0, 0.1) is 0 Å². The van der Waals surface area contributed by atoms with Gasteiger partial charge in [0.25, 0.3) is 11.8 Å². The van der Waals surface area contributed by atoms with Crippen LogP contribution in [0.5, 0.6) is 5.75 Å². The van der Waals surface area contributed by atoms with Crippen LogP contribution < -0.4 is 20.3 Å². The van der Waals surface area contributed by atoms with Gasteiger partial charge in [-0.2, -0.15) is 0 Å². The molecule has 1 aliphatic carbocycles. The van der Waals surface area contributed by atoms with E-state index in [9.17, 15) is 9.59 Å². The van der Waals surface area contributed by atoms with Gasteiger partial charge in [-0.05, 0) is 82.7 Å². The number of nitrogens with zero attached hydrogens (tertiary/aromatic N) is 2. The summed E-state index contributed by atoms with van der Waals surface area (Å²) in [6.45, 7) is 3.55. The summed E-state index contributed by atoms with van der Waals surface area (Å²) >= 11 is 6.05. The minimum absolute atomic E-state index is 0.0476. The second kappa shape index (κ2) is 9.10. The molecule has 0 unspecified atom stereocenters. The number of halogens is 1. The number of benzene rings is 1. The molecule has 2 aliphatic heterocycles. The number of anilines is 1. The summed E-state index contributed by atoms with van der Waals surface area (Å²) in [5.41, 5.74) is -0.411. The summed E-state index contributed by atoms with van der Waals surface area (Å²) in [5, 5.41) is 6.79. The minimum Gasteiger partial charge on any atom is -0.478 e. The maximum atomic E-state index is 13.1. The highest BCUT2D eigenvalue weighted by Crippen LogP contribution is 2.39. The van der Waals surface area contributed by atoms with Crippen LogP contribution in [0.4, 0.5) is 5.82 Å². The number of fused-ring (bicyclic) bond motifs is 2. The fourth-order valence-corrected chi connectivity index (χ4v) is 5.25. The molecule has 0 spiro atoms. The van der Waals surface area contributed by atoms with Gasteiger partial charge in [-0.25, -0.2) is 4.98 Å². The second-order valence-electron chi connectivity index (χ2n) is 10.2.